The van der Waals surface area contributed by atoms with E-state index in [1.54, 1.807) is 30.3 Å². The molecule has 10 nitrogen and oxygen atoms in total. The number of nitrogens with zero attached hydrogens (tertiary/aromatic N) is 3. The first-order valence-corrected chi connectivity index (χ1v) is 9.11. The summed E-state index contributed by atoms with van der Waals surface area (Å²) < 4.78 is 16.3. The number of methoxy groups -OCH3 is 2. The van der Waals surface area contributed by atoms with Crippen molar-refractivity contribution in [3.63, 3.8) is 0 Å². The Morgan fingerprint density at radius 2 is 1.90 bits per heavy atom. The molecule has 0 spiro atoms. The Balaban J connectivity index is 1.90. The minimum atomic E-state index is -0.600. The number of ether oxygens (including phenoxy) is 3. The number of H-pyrrole nitrogens is 1. The first-order chi connectivity index (χ1) is 15.0. The normalized spacial score (nSPS) is 14.9. The lowest BCUT2D eigenvalue weighted by Crippen LogP contribution is -2.21. The molecule has 1 aliphatic heterocycles. The van der Waals surface area contributed by atoms with E-state index in [1.165, 1.54) is 26.4 Å². The molecule has 4 rings (SSSR count). The molecule has 0 amide bonds. The molecule has 31 heavy (non-hydrogen) atoms. The quantitative estimate of drug-likeness (QED) is 0.473. The van der Waals surface area contributed by atoms with Crippen LogP contribution in [0, 0.1) is 21.4 Å². The topological polar surface area (TPSA) is 149 Å². The molecule has 0 radical (unpaired) electrons. The summed E-state index contributed by atoms with van der Waals surface area (Å²) in [7, 11) is 3.05. The van der Waals surface area contributed by atoms with Crippen molar-refractivity contribution in [3.05, 3.63) is 75.2 Å². The average Bonchev–Trinajstić information content (AvgIpc) is 3.20. The number of allylic oxidation sites excluding steroid dienone is 1. The van der Waals surface area contributed by atoms with Crippen molar-refractivity contribution < 1.29 is 19.1 Å². The first-order valence-electron chi connectivity index (χ1n) is 9.11. The fourth-order valence-corrected chi connectivity index (χ4v) is 3.58. The van der Waals surface area contributed by atoms with Gasteiger partial charge in [0.2, 0.25) is 11.8 Å². The van der Waals surface area contributed by atoms with Gasteiger partial charge in [-0.3, -0.25) is 15.2 Å². The van der Waals surface area contributed by atoms with Crippen molar-refractivity contribution in [2.75, 3.05) is 14.2 Å². The predicted molar refractivity (Wildman–Crippen MR) is 110 cm³/mol. The van der Waals surface area contributed by atoms with Crippen LogP contribution < -0.4 is 19.9 Å². The summed E-state index contributed by atoms with van der Waals surface area (Å²) in [4.78, 5) is 10.5. The number of nitriles is 1. The van der Waals surface area contributed by atoms with Gasteiger partial charge in [-0.15, -0.1) is 5.10 Å². The smallest absolute Gasteiger partial charge is 0.269 e. The highest BCUT2D eigenvalue weighted by Crippen LogP contribution is 2.47. The molecule has 0 saturated heterocycles. The molecule has 0 saturated carbocycles. The van der Waals surface area contributed by atoms with Gasteiger partial charge in [0.05, 0.1) is 36.3 Å². The highest BCUT2D eigenvalue weighted by atomic mass is 16.6. The van der Waals surface area contributed by atoms with Gasteiger partial charge >= 0.3 is 0 Å². The lowest BCUT2D eigenvalue weighted by Gasteiger charge is -2.24. The van der Waals surface area contributed by atoms with Crippen LogP contribution in [0.25, 0.3) is 11.3 Å². The van der Waals surface area contributed by atoms with Gasteiger partial charge in [0.15, 0.2) is 11.5 Å². The van der Waals surface area contributed by atoms with Gasteiger partial charge in [0.1, 0.15) is 11.6 Å². The second-order valence-electron chi connectivity index (χ2n) is 6.66. The van der Waals surface area contributed by atoms with Crippen molar-refractivity contribution in [2.45, 2.75) is 5.92 Å². The van der Waals surface area contributed by atoms with Crippen molar-refractivity contribution in [1.82, 2.24) is 10.2 Å². The third-order valence-electron chi connectivity index (χ3n) is 5.05. The zero-order valence-electron chi connectivity index (χ0n) is 16.6. The van der Waals surface area contributed by atoms with E-state index in [4.69, 9.17) is 19.9 Å². The minimum absolute atomic E-state index is 0.0355. The number of nitro groups is 1. The summed E-state index contributed by atoms with van der Waals surface area (Å²) in [5.41, 5.74) is 8.70. The van der Waals surface area contributed by atoms with Crippen molar-refractivity contribution in [1.29, 1.82) is 5.26 Å². The Morgan fingerprint density at radius 1 is 1.19 bits per heavy atom. The second-order valence-corrected chi connectivity index (χ2v) is 6.66. The van der Waals surface area contributed by atoms with E-state index >= 15 is 0 Å². The number of aromatic nitrogens is 2. The van der Waals surface area contributed by atoms with Crippen LogP contribution in [0.5, 0.6) is 17.4 Å². The minimum Gasteiger partial charge on any atom is -0.493 e. The van der Waals surface area contributed by atoms with E-state index in [9.17, 15) is 15.4 Å². The van der Waals surface area contributed by atoms with E-state index in [0.717, 1.165) is 0 Å². The molecule has 10 heteroatoms. The van der Waals surface area contributed by atoms with Crippen molar-refractivity contribution in [2.24, 2.45) is 5.73 Å². The number of nitrogens with one attached hydrogen (secondary N) is 1. The molecule has 3 aromatic rings. The molecule has 0 bridgehead atoms. The number of hydrogen-bond donors (Lipinski definition) is 2. The van der Waals surface area contributed by atoms with E-state index in [-0.39, 0.29) is 23.0 Å². The maximum atomic E-state index is 11.0. The molecule has 0 fully saturated rings. The van der Waals surface area contributed by atoms with Gasteiger partial charge in [-0.25, -0.2) is 0 Å². The van der Waals surface area contributed by atoms with E-state index < -0.39 is 10.8 Å². The molecular weight excluding hydrogens is 402 g/mol. The number of rotatable bonds is 5. The SMILES string of the molecule is COc1ccc([C@H]2C(C#N)=C(N)Oc3n[nH]c(-c4ccc([N+](=O)[O-])cc4)c32)cc1OC. The Kier molecular flexibility index (Phi) is 4.92. The van der Waals surface area contributed by atoms with Crippen LogP contribution in [0.3, 0.4) is 0 Å². The van der Waals surface area contributed by atoms with Gasteiger partial charge < -0.3 is 19.9 Å². The average molecular weight is 419 g/mol. The number of nitro benzene ring substituents is 1. The van der Waals surface area contributed by atoms with Crippen LogP contribution in [0.15, 0.2) is 53.9 Å². The van der Waals surface area contributed by atoms with Crippen LogP contribution in [-0.4, -0.2) is 29.3 Å². The summed E-state index contributed by atoms with van der Waals surface area (Å²) in [6.45, 7) is 0. The molecular formula is C21H17N5O5. The zero-order chi connectivity index (χ0) is 22.1. The number of benzene rings is 2. The van der Waals surface area contributed by atoms with Crippen LogP contribution >= 0.6 is 0 Å². The lowest BCUT2D eigenvalue weighted by atomic mass is 9.83. The van der Waals surface area contributed by atoms with Gasteiger partial charge in [-0.2, -0.15) is 5.26 Å². The fourth-order valence-electron chi connectivity index (χ4n) is 3.58. The number of nitrogens with two attached hydrogens (primary N) is 1. The summed E-state index contributed by atoms with van der Waals surface area (Å²) in [5, 5.41) is 27.9. The van der Waals surface area contributed by atoms with Crippen molar-refractivity contribution in [3.8, 4) is 34.7 Å². The maximum Gasteiger partial charge on any atom is 0.269 e. The van der Waals surface area contributed by atoms with Crippen LogP contribution in [0.4, 0.5) is 5.69 Å². The highest BCUT2D eigenvalue weighted by Gasteiger charge is 2.36. The summed E-state index contributed by atoms with van der Waals surface area (Å²) in [5.74, 6) is 0.611. The lowest BCUT2D eigenvalue weighted by molar-refractivity contribution is -0.384. The molecule has 156 valence electrons. The molecule has 0 unspecified atom stereocenters. The first kappa shape index (κ1) is 19.8. The van der Waals surface area contributed by atoms with E-state index in [2.05, 4.69) is 16.3 Å². The summed E-state index contributed by atoms with van der Waals surface area (Å²) in [6, 6.07) is 13.4. The maximum absolute atomic E-state index is 11.0. The van der Waals surface area contributed by atoms with Crippen molar-refractivity contribution >= 4 is 5.69 Å². The number of aromatic amines is 1. The number of hydrogen-bond acceptors (Lipinski definition) is 8. The molecule has 1 aliphatic rings. The van der Waals surface area contributed by atoms with Crippen LogP contribution in [0.1, 0.15) is 17.0 Å². The number of fused-ring (bicyclic) bond motifs is 1. The molecule has 0 aliphatic carbocycles. The van der Waals surface area contributed by atoms with Gasteiger partial charge in [-0.1, -0.05) is 6.07 Å². The Bertz CT molecular complexity index is 1240. The van der Waals surface area contributed by atoms with Gasteiger partial charge in [0.25, 0.3) is 5.69 Å². The standard InChI is InChI=1S/C21H17N5O5/c1-29-15-8-5-12(9-16(15)30-2)17-14(10-22)20(23)31-21-18(17)19(24-25-21)11-3-6-13(7-4-11)26(27)28/h3-9,17H,23H2,1-2H3,(H,24,25)/t17-/m0/s1. The Labute approximate surface area is 176 Å². The second kappa shape index (κ2) is 7.72. The zero-order valence-corrected chi connectivity index (χ0v) is 16.6. The van der Waals surface area contributed by atoms with Crippen LogP contribution in [-0.2, 0) is 0 Å². The molecule has 2 aromatic carbocycles. The molecule has 1 atom stereocenters. The predicted octanol–water partition coefficient (Wildman–Crippen LogP) is 3.22. The summed E-state index contributed by atoms with van der Waals surface area (Å²) in [6.07, 6.45) is 0. The van der Waals surface area contributed by atoms with Crippen LogP contribution in [0.2, 0.25) is 0 Å². The highest BCUT2D eigenvalue weighted by molar-refractivity contribution is 5.71. The largest absolute Gasteiger partial charge is 0.493 e. The van der Waals surface area contributed by atoms with Gasteiger partial charge in [0, 0.05) is 17.7 Å². The van der Waals surface area contributed by atoms with E-state index in [0.29, 0.717) is 33.9 Å². The third kappa shape index (κ3) is 3.28. The van der Waals surface area contributed by atoms with Gasteiger partial charge in [-0.05, 0) is 29.8 Å². The van der Waals surface area contributed by atoms with E-state index in [1.807, 2.05) is 0 Å². The fraction of sp³-hybridized carbons (Fsp3) is 0.143. The Hall–Kier alpha value is -4.52. The number of non-ortho nitro benzene ring substituents is 1. The molecule has 1 aromatic heterocycles. The Morgan fingerprint density at radius 3 is 2.52 bits per heavy atom. The summed E-state index contributed by atoms with van der Waals surface area (Å²) >= 11 is 0. The monoisotopic (exact) mass is 419 g/mol. The molecule has 3 N–H and O–H groups in total. The third-order valence-corrected chi connectivity index (χ3v) is 5.05. The molecule has 2 heterocycles.